The van der Waals surface area contributed by atoms with Crippen molar-refractivity contribution >= 4 is 6.29 Å². The lowest BCUT2D eigenvalue weighted by Gasteiger charge is -2.17. The van der Waals surface area contributed by atoms with Gasteiger partial charge in [-0.05, 0) is 11.1 Å². The fraction of sp³-hybridized carbons (Fsp3) is 0.136. The van der Waals surface area contributed by atoms with Gasteiger partial charge in [-0.3, -0.25) is 4.79 Å². The first-order chi connectivity index (χ1) is 12.4. The van der Waals surface area contributed by atoms with Gasteiger partial charge in [0.25, 0.3) is 0 Å². The van der Waals surface area contributed by atoms with E-state index in [1.54, 1.807) is 6.07 Å². The van der Waals surface area contributed by atoms with E-state index in [-0.39, 0.29) is 12.2 Å². The molecule has 0 saturated carbocycles. The topological polar surface area (TPSA) is 35.5 Å². The Hall–Kier alpha value is -2.75. The number of carbonyl (C=O) groups is 1. The summed E-state index contributed by atoms with van der Waals surface area (Å²) in [6.07, 6.45) is -0.187. The SMILES string of the molecule is O=Cc1ccccc1C1O[C@H](c2ccccc2)[C@@H](c2ccccc2)O1. The number of ether oxygens (including phenoxy) is 2. The van der Waals surface area contributed by atoms with E-state index in [0.29, 0.717) is 5.56 Å². The molecule has 124 valence electrons. The third-order valence-electron chi connectivity index (χ3n) is 4.45. The predicted octanol–water partition coefficient (Wildman–Crippen LogP) is 5.03. The summed E-state index contributed by atoms with van der Waals surface area (Å²) >= 11 is 0. The molecule has 1 heterocycles. The molecule has 0 spiro atoms. The second-order valence-corrected chi connectivity index (χ2v) is 6.01. The van der Waals surface area contributed by atoms with Crippen LogP contribution in [0.1, 0.15) is 45.5 Å². The van der Waals surface area contributed by atoms with Gasteiger partial charge in [-0.25, -0.2) is 0 Å². The van der Waals surface area contributed by atoms with Crippen LogP contribution in [0, 0.1) is 0 Å². The average molecular weight is 330 g/mol. The van der Waals surface area contributed by atoms with Gasteiger partial charge in [0, 0.05) is 11.1 Å². The number of rotatable bonds is 4. The van der Waals surface area contributed by atoms with Crippen LogP contribution in [-0.2, 0) is 9.47 Å². The molecule has 4 rings (SSSR count). The van der Waals surface area contributed by atoms with Gasteiger partial charge in [0.15, 0.2) is 12.6 Å². The fourth-order valence-corrected chi connectivity index (χ4v) is 3.21. The maximum absolute atomic E-state index is 11.4. The van der Waals surface area contributed by atoms with Crippen LogP contribution in [0.15, 0.2) is 84.9 Å². The molecule has 0 aromatic heterocycles. The minimum absolute atomic E-state index is 0.228. The van der Waals surface area contributed by atoms with Gasteiger partial charge >= 0.3 is 0 Å². The molecule has 0 N–H and O–H groups in total. The molecular formula is C22H18O3. The lowest BCUT2D eigenvalue weighted by molar-refractivity contribution is -0.0700. The first-order valence-electron chi connectivity index (χ1n) is 8.32. The highest BCUT2D eigenvalue weighted by Gasteiger charge is 2.39. The first kappa shape index (κ1) is 15.8. The quantitative estimate of drug-likeness (QED) is 0.630. The van der Waals surface area contributed by atoms with Gasteiger partial charge in [-0.1, -0.05) is 84.9 Å². The summed E-state index contributed by atoms with van der Waals surface area (Å²) in [7, 11) is 0. The second kappa shape index (κ2) is 7.01. The summed E-state index contributed by atoms with van der Waals surface area (Å²) in [6.45, 7) is 0. The van der Waals surface area contributed by atoms with Crippen molar-refractivity contribution in [2.45, 2.75) is 18.5 Å². The molecule has 0 amide bonds. The third-order valence-corrected chi connectivity index (χ3v) is 4.45. The van der Waals surface area contributed by atoms with Crippen molar-refractivity contribution in [1.29, 1.82) is 0 Å². The Morgan fingerprint density at radius 2 is 1.12 bits per heavy atom. The zero-order chi connectivity index (χ0) is 17.1. The molecule has 25 heavy (non-hydrogen) atoms. The smallest absolute Gasteiger partial charge is 0.186 e. The monoisotopic (exact) mass is 330 g/mol. The normalized spacial score (nSPS) is 20.5. The van der Waals surface area contributed by atoms with Crippen LogP contribution in [0.25, 0.3) is 0 Å². The van der Waals surface area contributed by atoms with Gasteiger partial charge in [-0.15, -0.1) is 0 Å². The molecule has 1 aliphatic heterocycles. The van der Waals surface area contributed by atoms with E-state index in [1.165, 1.54) is 0 Å². The van der Waals surface area contributed by atoms with Crippen LogP contribution in [0.4, 0.5) is 0 Å². The summed E-state index contributed by atoms with van der Waals surface area (Å²) in [4.78, 5) is 11.4. The van der Waals surface area contributed by atoms with Crippen LogP contribution in [-0.4, -0.2) is 6.29 Å². The molecule has 3 aromatic rings. The Bertz CT molecular complexity index is 798. The van der Waals surface area contributed by atoms with Crippen molar-refractivity contribution < 1.29 is 14.3 Å². The molecule has 1 aliphatic rings. The minimum atomic E-state index is -0.572. The van der Waals surface area contributed by atoms with Crippen molar-refractivity contribution in [3.8, 4) is 0 Å². The molecule has 0 radical (unpaired) electrons. The molecule has 2 atom stereocenters. The number of aldehydes is 1. The molecule has 3 aromatic carbocycles. The van der Waals surface area contributed by atoms with Gasteiger partial charge in [0.2, 0.25) is 0 Å². The molecule has 0 unspecified atom stereocenters. The van der Waals surface area contributed by atoms with Crippen molar-refractivity contribution in [3.05, 3.63) is 107 Å². The molecule has 3 nitrogen and oxygen atoms in total. The maximum atomic E-state index is 11.4. The Labute approximate surface area is 146 Å². The Balaban J connectivity index is 1.73. The van der Waals surface area contributed by atoms with E-state index in [2.05, 4.69) is 0 Å². The Morgan fingerprint density at radius 1 is 0.640 bits per heavy atom. The third kappa shape index (κ3) is 3.12. The van der Waals surface area contributed by atoms with Gasteiger partial charge in [0.05, 0.1) is 0 Å². The highest BCUT2D eigenvalue weighted by Crippen LogP contribution is 2.48. The summed E-state index contributed by atoms with van der Waals surface area (Å²) < 4.78 is 12.5. The molecule has 0 aliphatic carbocycles. The summed E-state index contributed by atoms with van der Waals surface area (Å²) in [5.74, 6) is 0. The predicted molar refractivity (Wildman–Crippen MR) is 95.1 cm³/mol. The zero-order valence-electron chi connectivity index (χ0n) is 13.6. The Kier molecular flexibility index (Phi) is 4.42. The van der Waals surface area contributed by atoms with Gasteiger partial charge in [0.1, 0.15) is 12.2 Å². The van der Waals surface area contributed by atoms with E-state index < -0.39 is 6.29 Å². The van der Waals surface area contributed by atoms with E-state index in [9.17, 15) is 4.79 Å². The van der Waals surface area contributed by atoms with Crippen molar-refractivity contribution in [1.82, 2.24) is 0 Å². The molecule has 1 saturated heterocycles. The van der Waals surface area contributed by atoms with E-state index >= 15 is 0 Å². The van der Waals surface area contributed by atoms with Crippen LogP contribution in [0.2, 0.25) is 0 Å². The summed E-state index contributed by atoms with van der Waals surface area (Å²) in [6, 6.07) is 27.5. The highest BCUT2D eigenvalue weighted by atomic mass is 16.7. The largest absolute Gasteiger partial charge is 0.337 e. The number of benzene rings is 3. The maximum Gasteiger partial charge on any atom is 0.186 e. The summed E-state index contributed by atoms with van der Waals surface area (Å²) in [5.41, 5.74) is 3.47. The van der Waals surface area contributed by atoms with E-state index in [4.69, 9.17) is 9.47 Å². The number of hydrogen-bond acceptors (Lipinski definition) is 3. The van der Waals surface area contributed by atoms with Crippen LogP contribution in [0.3, 0.4) is 0 Å². The first-order valence-corrected chi connectivity index (χ1v) is 8.32. The summed E-state index contributed by atoms with van der Waals surface area (Å²) in [5, 5.41) is 0. The zero-order valence-corrected chi connectivity index (χ0v) is 13.6. The van der Waals surface area contributed by atoms with Crippen molar-refractivity contribution in [2.75, 3.05) is 0 Å². The average Bonchev–Trinajstić information content (AvgIpc) is 3.14. The molecule has 0 bridgehead atoms. The van der Waals surface area contributed by atoms with Gasteiger partial charge in [-0.2, -0.15) is 0 Å². The molecule has 3 heteroatoms. The minimum Gasteiger partial charge on any atom is -0.337 e. The second-order valence-electron chi connectivity index (χ2n) is 6.01. The lowest BCUT2D eigenvalue weighted by Crippen LogP contribution is -2.06. The molecular weight excluding hydrogens is 312 g/mol. The van der Waals surface area contributed by atoms with Gasteiger partial charge < -0.3 is 9.47 Å². The fourth-order valence-electron chi connectivity index (χ4n) is 3.21. The van der Waals surface area contributed by atoms with Crippen molar-refractivity contribution in [2.24, 2.45) is 0 Å². The lowest BCUT2D eigenvalue weighted by atomic mass is 9.99. The Morgan fingerprint density at radius 3 is 1.64 bits per heavy atom. The highest BCUT2D eigenvalue weighted by molar-refractivity contribution is 5.77. The number of hydrogen-bond donors (Lipinski definition) is 0. The van der Waals surface area contributed by atoms with Crippen molar-refractivity contribution in [3.63, 3.8) is 0 Å². The van der Waals surface area contributed by atoms with Crippen LogP contribution >= 0.6 is 0 Å². The molecule has 1 fully saturated rings. The standard InChI is InChI=1S/C22H18O3/c23-15-18-13-7-8-14-19(18)22-24-20(16-9-3-1-4-10-16)21(25-22)17-11-5-2-6-12-17/h1-15,20-22H/t20-,21-/m1/s1. The van der Waals surface area contributed by atoms with E-state index in [1.807, 2.05) is 78.9 Å². The van der Waals surface area contributed by atoms with Crippen LogP contribution < -0.4 is 0 Å². The van der Waals surface area contributed by atoms with E-state index in [0.717, 1.165) is 23.0 Å². The van der Waals surface area contributed by atoms with Crippen LogP contribution in [0.5, 0.6) is 0 Å². The number of carbonyl (C=O) groups excluding carboxylic acids is 1.